The van der Waals surface area contributed by atoms with Crippen molar-refractivity contribution in [2.45, 2.75) is 19.5 Å². The van der Waals surface area contributed by atoms with Crippen LogP contribution in [0.1, 0.15) is 29.1 Å². The Morgan fingerprint density at radius 2 is 2.14 bits per heavy atom. The van der Waals surface area contributed by atoms with Crippen molar-refractivity contribution in [2.24, 2.45) is 7.05 Å². The third-order valence-electron chi connectivity index (χ3n) is 3.39. The highest BCUT2D eigenvalue weighted by molar-refractivity contribution is 9.10. The average molecular weight is 370 g/mol. The molecule has 0 fully saturated rings. The van der Waals surface area contributed by atoms with E-state index in [9.17, 15) is 9.59 Å². The number of rotatable bonds is 5. The summed E-state index contributed by atoms with van der Waals surface area (Å²) in [5, 5.41) is 17.1. The van der Waals surface area contributed by atoms with E-state index in [-0.39, 0.29) is 11.6 Å². The monoisotopic (exact) mass is 369 g/mol. The zero-order valence-electron chi connectivity index (χ0n) is 12.4. The molecule has 22 heavy (non-hydrogen) atoms. The first-order valence-corrected chi connectivity index (χ1v) is 7.30. The van der Waals surface area contributed by atoms with Crippen LogP contribution < -0.4 is 0 Å². The predicted octanol–water partition coefficient (Wildman–Crippen LogP) is 1.30. The molecule has 0 saturated carbocycles. The third kappa shape index (κ3) is 3.03. The second-order valence-electron chi connectivity index (χ2n) is 4.90. The number of carbonyl (C=O) groups is 2. The van der Waals surface area contributed by atoms with Crippen molar-refractivity contribution in [2.75, 3.05) is 7.05 Å². The van der Waals surface area contributed by atoms with E-state index < -0.39 is 12.0 Å². The molecule has 118 valence electrons. The molecule has 2 aromatic heterocycles. The Kier molecular flexibility index (Phi) is 4.65. The lowest BCUT2D eigenvalue weighted by molar-refractivity contribution is -0.133. The molecule has 0 radical (unpaired) electrons. The number of carboxylic acid groups (broad SMARTS) is 1. The summed E-state index contributed by atoms with van der Waals surface area (Å²) >= 11 is 3.38. The number of amides is 1. The van der Waals surface area contributed by atoms with Gasteiger partial charge >= 0.3 is 5.97 Å². The Labute approximate surface area is 135 Å². The molecule has 0 aromatic carbocycles. The maximum Gasteiger partial charge on any atom is 0.354 e. The summed E-state index contributed by atoms with van der Waals surface area (Å²) in [5.74, 6) is -1.35. The molecule has 0 bridgehead atoms. The van der Waals surface area contributed by atoms with Crippen LogP contribution in [-0.2, 0) is 18.4 Å². The van der Waals surface area contributed by atoms with E-state index in [1.165, 1.54) is 21.8 Å². The van der Waals surface area contributed by atoms with Crippen molar-refractivity contribution in [3.63, 3.8) is 0 Å². The van der Waals surface area contributed by atoms with Crippen LogP contribution in [0.25, 0.3) is 0 Å². The Balaban J connectivity index is 2.16. The largest absolute Gasteiger partial charge is 0.477 e. The molecule has 8 nitrogen and oxygen atoms in total. The molecule has 9 heteroatoms. The first-order chi connectivity index (χ1) is 10.3. The molecule has 2 heterocycles. The summed E-state index contributed by atoms with van der Waals surface area (Å²) in [6.45, 7) is 1.97. The fraction of sp³-hybridized carbons (Fsp3) is 0.385. The van der Waals surface area contributed by atoms with Crippen LogP contribution in [0.5, 0.6) is 0 Å². The third-order valence-corrected chi connectivity index (χ3v) is 4.05. The van der Waals surface area contributed by atoms with Crippen LogP contribution in [0.4, 0.5) is 0 Å². The smallest absolute Gasteiger partial charge is 0.354 e. The lowest BCUT2D eigenvalue weighted by Crippen LogP contribution is -2.34. The fourth-order valence-electron chi connectivity index (χ4n) is 2.13. The number of halogens is 1. The summed E-state index contributed by atoms with van der Waals surface area (Å²) in [7, 11) is 3.44. The number of aromatic nitrogens is 4. The Bertz CT molecular complexity index is 689. The maximum absolute atomic E-state index is 12.5. The van der Waals surface area contributed by atoms with Gasteiger partial charge in [-0.15, -0.1) is 0 Å². The van der Waals surface area contributed by atoms with E-state index in [0.29, 0.717) is 6.54 Å². The summed E-state index contributed by atoms with van der Waals surface area (Å²) in [6, 6.07) is 0.655. The summed E-state index contributed by atoms with van der Waals surface area (Å²) < 4.78 is 3.70. The highest BCUT2D eigenvalue weighted by atomic mass is 79.9. The van der Waals surface area contributed by atoms with E-state index in [2.05, 4.69) is 26.1 Å². The Morgan fingerprint density at radius 1 is 1.45 bits per heavy atom. The van der Waals surface area contributed by atoms with E-state index in [4.69, 9.17) is 5.11 Å². The quantitative estimate of drug-likeness (QED) is 0.856. The van der Waals surface area contributed by atoms with E-state index in [1.807, 2.05) is 0 Å². The summed E-state index contributed by atoms with van der Waals surface area (Å²) in [4.78, 5) is 25.1. The van der Waals surface area contributed by atoms with Gasteiger partial charge < -0.3 is 10.0 Å². The van der Waals surface area contributed by atoms with Crippen molar-refractivity contribution in [3.05, 3.63) is 34.3 Å². The molecule has 0 aliphatic carbocycles. The van der Waals surface area contributed by atoms with Gasteiger partial charge in [0.15, 0.2) is 0 Å². The molecule has 0 aliphatic heterocycles. The number of nitrogens with zero attached hydrogens (tertiary/aromatic N) is 5. The van der Waals surface area contributed by atoms with Crippen molar-refractivity contribution >= 4 is 27.8 Å². The molecule has 0 spiro atoms. The molecule has 1 unspecified atom stereocenters. The Morgan fingerprint density at radius 3 is 2.68 bits per heavy atom. The summed E-state index contributed by atoms with van der Waals surface area (Å²) in [6.07, 6.45) is 3.03. The van der Waals surface area contributed by atoms with Gasteiger partial charge in [-0.05, 0) is 28.9 Å². The van der Waals surface area contributed by atoms with Crippen LogP contribution in [0.2, 0.25) is 0 Å². The van der Waals surface area contributed by atoms with E-state index in [1.54, 1.807) is 31.9 Å². The highest BCUT2D eigenvalue weighted by Crippen LogP contribution is 2.19. The van der Waals surface area contributed by atoms with Crippen molar-refractivity contribution in [1.29, 1.82) is 0 Å². The SMILES string of the molecule is CC(C(=O)N(C)Cc1c(Br)cnn1C)n1nccc1C(=O)O. The molecule has 1 N–H and O–H groups in total. The van der Waals surface area contributed by atoms with Gasteiger partial charge in [-0.25, -0.2) is 9.48 Å². The van der Waals surface area contributed by atoms with Gasteiger partial charge in [-0.2, -0.15) is 10.2 Å². The second kappa shape index (κ2) is 6.30. The molecule has 0 aliphatic rings. The first kappa shape index (κ1) is 16.2. The number of likely N-dealkylation sites (N-methyl/N-ethyl adjacent to an activating group) is 1. The van der Waals surface area contributed by atoms with Gasteiger partial charge in [0, 0.05) is 20.3 Å². The first-order valence-electron chi connectivity index (χ1n) is 6.51. The standard InChI is InChI=1S/C13H16BrN5O3/c1-8(19-10(13(21)22)4-5-15-19)12(20)17(2)7-11-9(14)6-16-18(11)3/h4-6,8H,7H2,1-3H3,(H,21,22). The predicted molar refractivity (Wildman–Crippen MR) is 81.3 cm³/mol. The number of aryl methyl sites for hydroxylation is 1. The number of hydrogen-bond donors (Lipinski definition) is 1. The van der Waals surface area contributed by atoms with Crippen LogP contribution in [0.3, 0.4) is 0 Å². The lowest BCUT2D eigenvalue weighted by Gasteiger charge is -2.22. The normalized spacial score (nSPS) is 12.2. The van der Waals surface area contributed by atoms with Crippen LogP contribution in [-0.4, -0.2) is 48.5 Å². The van der Waals surface area contributed by atoms with Crippen LogP contribution in [0, 0.1) is 0 Å². The topological polar surface area (TPSA) is 93.3 Å². The van der Waals surface area contributed by atoms with Gasteiger partial charge in [0.2, 0.25) is 5.91 Å². The minimum Gasteiger partial charge on any atom is -0.477 e. The maximum atomic E-state index is 12.5. The van der Waals surface area contributed by atoms with Crippen molar-refractivity contribution in [1.82, 2.24) is 24.5 Å². The number of carbonyl (C=O) groups excluding carboxylic acids is 1. The number of aromatic carboxylic acids is 1. The molecule has 0 saturated heterocycles. The van der Waals surface area contributed by atoms with Crippen LogP contribution >= 0.6 is 15.9 Å². The number of hydrogen-bond acceptors (Lipinski definition) is 4. The molecule has 2 aromatic rings. The van der Waals surface area contributed by atoms with Crippen molar-refractivity contribution in [3.8, 4) is 0 Å². The second-order valence-corrected chi connectivity index (χ2v) is 5.75. The molecular formula is C13H16BrN5O3. The highest BCUT2D eigenvalue weighted by Gasteiger charge is 2.25. The number of carboxylic acids is 1. The van der Waals surface area contributed by atoms with Crippen molar-refractivity contribution < 1.29 is 14.7 Å². The van der Waals surface area contributed by atoms with Gasteiger partial charge in [-0.3, -0.25) is 9.48 Å². The zero-order chi connectivity index (χ0) is 16.4. The molecule has 2 rings (SSSR count). The fourth-order valence-corrected chi connectivity index (χ4v) is 2.61. The van der Waals surface area contributed by atoms with Gasteiger partial charge in [0.25, 0.3) is 0 Å². The van der Waals surface area contributed by atoms with Crippen LogP contribution in [0.15, 0.2) is 22.9 Å². The van der Waals surface area contributed by atoms with Gasteiger partial charge in [-0.1, -0.05) is 0 Å². The lowest BCUT2D eigenvalue weighted by atomic mass is 10.2. The minimum absolute atomic E-state index is 0.0176. The minimum atomic E-state index is -1.12. The van der Waals surface area contributed by atoms with E-state index >= 15 is 0 Å². The molecule has 1 atom stereocenters. The molecule has 1 amide bonds. The van der Waals surface area contributed by atoms with Gasteiger partial charge in [0.05, 0.1) is 22.9 Å². The average Bonchev–Trinajstić information content (AvgIpc) is 3.07. The van der Waals surface area contributed by atoms with Gasteiger partial charge in [0.1, 0.15) is 11.7 Å². The summed E-state index contributed by atoms with van der Waals surface area (Å²) in [5.41, 5.74) is 0.831. The Hall–Kier alpha value is -2.16. The zero-order valence-corrected chi connectivity index (χ0v) is 14.0. The molecular weight excluding hydrogens is 354 g/mol. The van der Waals surface area contributed by atoms with E-state index in [0.717, 1.165) is 10.2 Å².